The van der Waals surface area contributed by atoms with Crippen molar-refractivity contribution in [2.45, 2.75) is 57.2 Å². The zero-order valence-electron chi connectivity index (χ0n) is 31.6. The number of piperazine rings is 1. The van der Waals surface area contributed by atoms with Crippen LogP contribution in [0.5, 0.6) is 0 Å². The second-order valence-electron chi connectivity index (χ2n) is 14.5. The highest BCUT2D eigenvalue weighted by atomic mass is 35.5. The minimum absolute atomic E-state index is 0.0362. The molecule has 2 aliphatic heterocycles. The average molecular weight is 795 g/mol. The molecule has 57 heavy (non-hydrogen) atoms. The summed E-state index contributed by atoms with van der Waals surface area (Å²) >= 11 is 6.16. The Balaban J connectivity index is 0.859. The molecule has 1 aromatic carbocycles. The van der Waals surface area contributed by atoms with Crippen LogP contribution in [0.1, 0.15) is 59.3 Å². The maximum absolute atomic E-state index is 15.3. The van der Waals surface area contributed by atoms with E-state index in [4.69, 9.17) is 16.9 Å². The first-order valence-electron chi connectivity index (χ1n) is 19.1. The van der Waals surface area contributed by atoms with Crippen molar-refractivity contribution in [2.24, 2.45) is 0 Å². The number of anilines is 5. The molecule has 4 aromatic rings. The molecule has 1 saturated carbocycles. The summed E-state index contributed by atoms with van der Waals surface area (Å²) < 4.78 is 15.3. The lowest BCUT2D eigenvalue weighted by Gasteiger charge is -2.42. The van der Waals surface area contributed by atoms with E-state index in [0.29, 0.717) is 55.7 Å². The van der Waals surface area contributed by atoms with E-state index >= 15 is 4.39 Å². The van der Waals surface area contributed by atoms with Gasteiger partial charge in [-0.25, -0.2) is 19.9 Å². The lowest BCUT2D eigenvalue weighted by atomic mass is 9.89. The summed E-state index contributed by atoms with van der Waals surface area (Å²) in [4.78, 5) is 61.4. The first-order chi connectivity index (χ1) is 27.7. The Labute approximate surface area is 335 Å². The Morgan fingerprint density at radius 1 is 0.982 bits per heavy atom. The van der Waals surface area contributed by atoms with Gasteiger partial charge in [-0.05, 0) is 80.6 Å². The standard InChI is InChI=1S/C40H44ClFN12O3/c1-51(16-15-36(56)46-25-55)28-7-9-30(10-8-28)53-20-18-52(19-21-53)29-5-3-27(4-6-29)47-40(57)32-11-12-34(48-38(32)42)49-39-31-14-17-54(23-33(31)44-24-45-39)35-13-2-26(22-43)37(41)50-35/h2,7-13,24-25,27,29H,3-6,14-21,23H2,1H3,(H,47,57)(H,46,55,56)(H,44,45,48,49). The number of nitrogens with one attached hydrogen (secondary N) is 3. The van der Waals surface area contributed by atoms with Gasteiger partial charge in [0.25, 0.3) is 5.91 Å². The molecule has 3 N–H and O–H groups in total. The SMILES string of the molecule is CN(CCC(=O)NC=O)c1ccc(N2CCN(C3CCC(NC(=O)c4ccc(Nc5ncnc6c5CCN(c5ccc(C#N)c(Cl)n5)C6)nc4F)CC3)CC2)cc1. The van der Waals surface area contributed by atoms with Crippen molar-refractivity contribution >= 4 is 58.7 Å². The molecule has 7 rings (SSSR count). The molecule has 0 atom stereocenters. The molecular weight excluding hydrogens is 751 g/mol. The Kier molecular flexibility index (Phi) is 12.4. The number of hydrogen-bond acceptors (Lipinski definition) is 13. The fraction of sp³-hybridized carbons (Fsp3) is 0.400. The monoisotopic (exact) mass is 794 g/mol. The van der Waals surface area contributed by atoms with Gasteiger partial charge in [0.15, 0.2) is 0 Å². The van der Waals surface area contributed by atoms with Crippen molar-refractivity contribution in [3.8, 4) is 6.07 Å². The minimum Gasteiger partial charge on any atom is -0.374 e. The number of nitriles is 1. The maximum Gasteiger partial charge on any atom is 0.256 e. The summed E-state index contributed by atoms with van der Waals surface area (Å²) in [5.41, 5.74) is 4.03. The summed E-state index contributed by atoms with van der Waals surface area (Å²) in [5, 5.41) is 17.6. The van der Waals surface area contributed by atoms with Gasteiger partial charge in [0, 0.05) is 81.8 Å². The molecule has 15 nitrogen and oxygen atoms in total. The molecular formula is C40H44ClFN12O3. The number of rotatable bonds is 12. The van der Waals surface area contributed by atoms with E-state index in [-0.39, 0.29) is 34.9 Å². The van der Waals surface area contributed by atoms with Gasteiger partial charge in [-0.2, -0.15) is 9.65 Å². The Morgan fingerprint density at radius 2 is 1.75 bits per heavy atom. The minimum atomic E-state index is -0.858. The number of carbonyl (C=O) groups excluding carboxylic acids is 3. The third-order valence-corrected chi connectivity index (χ3v) is 11.3. The highest BCUT2D eigenvalue weighted by molar-refractivity contribution is 6.30. The number of carbonyl (C=O) groups is 3. The molecule has 0 unspecified atom stereocenters. The Morgan fingerprint density at radius 3 is 2.46 bits per heavy atom. The van der Waals surface area contributed by atoms with Crippen molar-refractivity contribution in [1.82, 2.24) is 35.5 Å². The van der Waals surface area contributed by atoms with E-state index in [0.717, 1.165) is 74.5 Å². The molecule has 3 aliphatic rings. The third kappa shape index (κ3) is 9.38. The van der Waals surface area contributed by atoms with Crippen molar-refractivity contribution < 1.29 is 18.8 Å². The van der Waals surface area contributed by atoms with Gasteiger partial charge < -0.3 is 25.3 Å². The van der Waals surface area contributed by atoms with Crippen molar-refractivity contribution in [2.75, 3.05) is 66.3 Å². The Hall–Kier alpha value is -5.92. The number of halogens is 2. The molecule has 2 fully saturated rings. The van der Waals surface area contributed by atoms with Crippen molar-refractivity contribution in [3.63, 3.8) is 0 Å². The number of benzene rings is 1. The fourth-order valence-corrected chi connectivity index (χ4v) is 7.98. The molecule has 3 amide bonds. The zero-order chi connectivity index (χ0) is 39.9. The van der Waals surface area contributed by atoms with Gasteiger partial charge in [0.1, 0.15) is 35.0 Å². The van der Waals surface area contributed by atoms with Crippen LogP contribution < -0.4 is 30.7 Å². The van der Waals surface area contributed by atoms with E-state index in [2.05, 4.69) is 70.0 Å². The molecule has 1 saturated heterocycles. The molecule has 3 aromatic heterocycles. The molecule has 0 bridgehead atoms. The average Bonchev–Trinajstić information content (AvgIpc) is 3.23. The van der Waals surface area contributed by atoms with Crippen LogP contribution in [0, 0.1) is 17.3 Å². The molecule has 17 heteroatoms. The number of hydrogen-bond donors (Lipinski definition) is 3. The number of amides is 3. The van der Waals surface area contributed by atoms with E-state index in [1.165, 1.54) is 12.4 Å². The maximum atomic E-state index is 15.3. The van der Waals surface area contributed by atoms with Gasteiger partial charge in [-0.3, -0.25) is 24.6 Å². The van der Waals surface area contributed by atoms with E-state index in [9.17, 15) is 14.4 Å². The number of pyridine rings is 2. The van der Waals surface area contributed by atoms with Crippen LogP contribution >= 0.6 is 11.6 Å². The quantitative estimate of drug-likeness (QED) is 0.138. The molecule has 5 heterocycles. The van der Waals surface area contributed by atoms with E-state index < -0.39 is 11.9 Å². The molecule has 0 spiro atoms. The van der Waals surface area contributed by atoms with Crippen LogP contribution in [-0.2, 0) is 22.6 Å². The second-order valence-corrected chi connectivity index (χ2v) is 14.8. The Bertz CT molecular complexity index is 2140. The number of fused-ring (bicyclic) bond motifs is 1. The molecule has 0 radical (unpaired) electrons. The number of nitrogens with zero attached hydrogens (tertiary/aromatic N) is 9. The van der Waals surface area contributed by atoms with Crippen LogP contribution in [0.3, 0.4) is 0 Å². The number of imide groups is 1. The van der Waals surface area contributed by atoms with Gasteiger partial charge in [-0.15, -0.1) is 0 Å². The van der Waals surface area contributed by atoms with E-state index in [1.54, 1.807) is 18.2 Å². The highest BCUT2D eigenvalue weighted by Crippen LogP contribution is 2.30. The van der Waals surface area contributed by atoms with Gasteiger partial charge in [0.05, 0.1) is 23.4 Å². The predicted octanol–water partition coefficient (Wildman–Crippen LogP) is 4.20. The first kappa shape index (κ1) is 39.3. The summed E-state index contributed by atoms with van der Waals surface area (Å²) in [5.74, 6) is -0.238. The molecule has 1 aliphatic carbocycles. The van der Waals surface area contributed by atoms with Crippen molar-refractivity contribution in [1.29, 1.82) is 5.26 Å². The second kappa shape index (κ2) is 17.9. The summed E-state index contributed by atoms with van der Waals surface area (Å²) in [6.45, 7) is 5.31. The van der Waals surface area contributed by atoms with Gasteiger partial charge in [0.2, 0.25) is 18.3 Å². The summed E-state index contributed by atoms with van der Waals surface area (Å²) in [7, 11) is 1.92. The van der Waals surface area contributed by atoms with E-state index in [1.807, 2.05) is 22.9 Å². The fourth-order valence-electron chi connectivity index (χ4n) is 7.78. The van der Waals surface area contributed by atoms with Crippen LogP contribution in [-0.4, -0.2) is 101 Å². The van der Waals surface area contributed by atoms with Crippen molar-refractivity contribution in [3.05, 3.63) is 88.3 Å². The lowest BCUT2D eigenvalue weighted by molar-refractivity contribution is -0.125. The highest BCUT2D eigenvalue weighted by Gasteiger charge is 2.30. The zero-order valence-corrected chi connectivity index (χ0v) is 32.4. The molecule has 296 valence electrons. The smallest absolute Gasteiger partial charge is 0.256 e. The lowest BCUT2D eigenvalue weighted by Crippen LogP contribution is -2.52. The number of aromatic nitrogens is 4. The van der Waals surface area contributed by atoms with Crippen LogP contribution in [0.25, 0.3) is 0 Å². The topological polar surface area (TPSA) is 176 Å². The first-order valence-corrected chi connectivity index (χ1v) is 19.5. The summed E-state index contributed by atoms with van der Waals surface area (Å²) in [6.07, 6.45) is 6.23. The third-order valence-electron chi connectivity index (χ3n) is 11.0. The van der Waals surface area contributed by atoms with Crippen LogP contribution in [0.2, 0.25) is 5.15 Å². The summed E-state index contributed by atoms with van der Waals surface area (Å²) in [6, 6.07) is 17.2. The largest absolute Gasteiger partial charge is 0.374 e. The van der Waals surface area contributed by atoms with Crippen LogP contribution in [0.15, 0.2) is 54.9 Å². The van der Waals surface area contributed by atoms with Gasteiger partial charge >= 0.3 is 0 Å². The normalized spacial score (nSPS) is 18.2. The van der Waals surface area contributed by atoms with Crippen LogP contribution in [0.4, 0.5) is 33.2 Å². The predicted molar refractivity (Wildman–Crippen MR) is 214 cm³/mol. The van der Waals surface area contributed by atoms with Gasteiger partial charge in [-0.1, -0.05) is 11.6 Å².